The van der Waals surface area contributed by atoms with Gasteiger partial charge >= 0.3 is 5.97 Å². The van der Waals surface area contributed by atoms with Crippen LogP contribution in [0.25, 0.3) is 0 Å². The maximum absolute atomic E-state index is 13.2. The van der Waals surface area contributed by atoms with Crippen LogP contribution >= 0.6 is 11.8 Å². The van der Waals surface area contributed by atoms with E-state index in [1.165, 1.54) is 14.0 Å². The summed E-state index contributed by atoms with van der Waals surface area (Å²) in [7, 11) is 1.45. The van der Waals surface area contributed by atoms with E-state index in [9.17, 15) is 24.9 Å². The SMILES string of the molecule is CC[C@H](C)[C@@H](OC(C)=O)[C@@H](C)c1c(O)c2c(c3c1S[C@@H](OC)C(=O)N3)[C@@H](O)[C@@H]1[C@@]3(C)CC[C@H](C(C)(C)O)O[C@@H]3CC[C@@]1(C)O2. The smallest absolute Gasteiger partial charge is 0.302 e. The van der Waals surface area contributed by atoms with Gasteiger partial charge in [0.05, 0.1) is 35.2 Å². The monoisotopic (exact) mass is 635 g/mol. The standard InChI is InChI=1S/C33H49NO9S/c1-10-15(2)25(41-17(4)35)16(3)20-23(36)26-21(22-27(20)44-30(40-9)29(38)34-22)24(37)28-32(7)13-11-18(31(5,6)39)42-19(32)12-14-33(28,8)43-26/h15-16,18-19,24-25,28,30,36-37,39H,10-14H2,1-9H3,(H,34,38)/t15-,16-,18+,19+,24+,25+,28+,30+,32-,33+/m0/s1. The van der Waals surface area contributed by atoms with Crippen LogP contribution in [0.2, 0.25) is 0 Å². The van der Waals surface area contributed by atoms with Gasteiger partial charge in [0, 0.05) is 41.7 Å². The summed E-state index contributed by atoms with van der Waals surface area (Å²) < 4.78 is 24.6. The van der Waals surface area contributed by atoms with E-state index in [1.54, 1.807) is 13.8 Å². The van der Waals surface area contributed by atoms with Gasteiger partial charge in [0.1, 0.15) is 11.7 Å². The minimum absolute atomic E-state index is 0.0240. The van der Waals surface area contributed by atoms with Crippen LogP contribution in [0.5, 0.6) is 11.5 Å². The van der Waals surface area contributed by atoms with Crippen molar-refractivity contribution in [2.75, 3.05) is 12.4 Å². The van der Waals surface area contributed by atoms with Crippen LogP contribution in [0.3, 0.4) is 0 Å². The molecule has 1 aromatic rings. The number of carbonyl (C=O) groups is 2. The number of ether oxygens (including phenoxy) is 4. The van der Waals surface area contributed by atoms with Crippen LogP contribution in [0, 0.1) is 17.3 Å². The van der Waals surface area contributed by atoms with Crippen LogP contribution < -0.4 is 10.1 Å². The molecule has 11 heteroatoms. The zero-order valence-electron chi connectivity index (χ0n) is 27.4. The summed E-state index contributed by atoms with van der Waals surface area (Å²) in [6.07, 6.45) is 1.11. The van der Waals surface area contributed by atoms with Gasteiger partial charge in [-0.3, -0.25) is 9.59 Å². The molecule has 3 aliphatic heterocycles. The van der Waals surface area contributed by atoms with Crippen LogP contribution in [0.15, 0.2) is 4.90 Å². The average Bonchev–Trinajstić information content (AvgIpc) is 2.94. The first kappa shape index (κ1) is 33.3. The van der Waals surface area contributed by atoms with Crippen LogP contribution in [-0.2, 0) is 23.8 Å². The third kappa shape index (κ3) is 5.30. The molecule has 0 radical (unpaired) electrons. The Labute approximate surface area is 264 Å². The quantitative estimate of drug-likeness (QED) is 0.227. The van der Waals surface area contributed by atoms with Gasteiger partial charge in [-0.1, -0.05) is 45.9 Å². The molecule has 3 heterocycles. The van der Waals surface area contributed by atoms with Gasteiger partial charge in [0.15, 0.2) is 16.9 Å². The lowest BCUT2D eigenvalue weighted by atomic mass is 9.53. The predicted octanol–water partition coefficient (Wildman–Crippen LogP) is 5.41. The third-order valence-electron chi connectivity index (χ3n) is 10.8. The van der Waals surface area contributed by atoms with E-state index in [1.807, 2.05) is 27.7 Å². The number of benzene rings is 1. The van der Waals surface area contributed by atoms with E-state index < -0.39 is 52.1 Å². The Hall–Kier alpha value is -2.05. The van der Waals surface area contributed by atoms with E-state index in [0.29, 0.717) is 47.4 Å². The minimum Gasteiger partial charge on any atom is -0.504 e. The molecule has 4 N–H and O–H groups in total. The Morgan fingerprint density at radius 3 is 2.50 bits per heavy atom. The summed E-state index contributed by atoms with van der Waals surface area (Å²) in [5.74, 6) is -1.70. The summed E-state index contributed by atoms with van der Waals surface area (Å²) in [6.45, 7) is 14.9. The van der Waals surface area contributed by atoms with Crippen molar-refractivity contribution in [3.05, 3.63) is 11.1 Å². The van der Waals surface area contributed by atoms with Crippen molar-refractivity contribution >= 4 is 29.3 Å². The Morgan fingerprint density at radius 1 is 1.23 bits per heavy atom. The van der Waals surface area contributed by atoms with Crippen LogP contribution in [0.1, 0.15) is 111 Å². The number of esters is 1. The fourth-order valence-electron chi connectivity index (χ4n) is 8.36. The molecule has 0 aromatic heterocycles. The molecule has 4 aliphatic rings. The first-order valence-electron chi connectivity index (χ1n) is 15.8. The number of rotatable bonds is 7. The predicted molar refractivity (Wildman–Crippen MR) is 166 cm³/mol. The van der Waals surface area contributed by atoms with Crippen molar-refractivity contribution in [2.24, 2.45) is 17.3 Å². The highest BCUT2D eigenvalue weighted by Crippen LogP contribution is 2.66. The van der Waals surface area contributed by atoms with Crippen molar-refractivity contribution in [1.82, 2.24) is 0 Å². The molecule has 10 atom stereocenters. The highest BCUT2D eigenvalue weighted by Gasteiger charge is 2.63. The van der Waals surface area contributed by atoms with Crippen LogP contribution in [-0.4, -0.2) is 69.3 Å². The number of aliphatic hydroxyl groups is 2. The zero-order valence-corrected chi connectivity index (χ0v) is 28.2. The summed E-state index contributed by atoms with van der Waals surface area (Å²) in [6, 6.07) is 0. The molecule has 2 fully saturated rings. The van der Waals surface area contributed by atoms with Gasteiger partial charge in [-0.05, 0) is 52.4 Å². The molecule has 246 valence electrons. The molecule has 10 nitrogen and oxygen atoms in total. The van der Waals surface area contributed by atoms with Crippen molar-refractivity contribution in [3.63, 3.8) is 0 Å². The van der Waals surface area contributed by atoms with E-state index in [2.05, 4.69) is 12.2 Å². The minimum atomic E-state index is -1.10. The third-order valence-corrected chi connectivity index (χ3v) is 12.1. The second-order valence-electron chi connectivity index (χ2n) is 14.3. The maximum atomic E-state index is 13.2. The Bertz CT molecular complexity index is 1310. The summed E-state index contributed by atoms with van der Waals surface area (Å²) in [4.78, 5) is 25.9. The van der Waals surface area contributed by atoms with Gasteiger partial charge in [-0.2, -0.15) is 0 Å². The number of hydrogen-bond donors (Lipinski definition) is 4. The van der Waals surface area contributed by atoms with Gasteiger partial charge < -0.3 is 39.6 Å². The molecule has 0 unspecified atom stereocenters. The van der Waals surface area contributed by atoms with Gasteiger partial charge in [-0.15, -0.1) is 0 Å². The number of aromatic hydroxyl groups is 1. The molecule has 1 amide bonds. The number of nitrogens with one attached hydrogen (secondary N) is 1. The largest absolute Gasteiger partial charge is 0.504 e. The Kier molecular flexibility index (Phi) is 8.81. The number of anilines is 1. The number of carbonyl (C=O) groups excluding carboxylic acids is 2. The molecule has 44 heavy (non-hydrogen) atoms. The molecule has 1 saturated carbocycles. The maximum Gasteiger partial charge on any atom is 0.302 e. The number of fused-ring (bicyclic) bond motifs is 6. The highest BCUT2D eigenvalue weighted by molar-refractivity contribution is 8.00. The fourth-order valence-corrected chi connectivity index (χ4v) is 9.52. The van der Waals surface area contributed by atoms with Gasteiger partial charge in [0.2, 0.25) is 0 Å². The number of aliphatic hydroxyl groups excluding tert-OH is 1. The zero-order chi connectivity index (χ0) is 32.5. The van der Waals surface area contributed by atoms with Crippen molar-refractivity contribution < 1.29 is 43.9 Å². The number of amides is 1. The molecular weight excluding hydrogens is 586 g/mol. The van der Waals surface area contributed by atoms with E-state index in [4.69, 9.17) is 18.9 Å². The summed E-state index contributed by atoms with van der Waals surface area (Å²) >= 11 is 1.16. The second kappa shape index (κ2) is 11.6. The molecule has 1 saturated heterocycles. The summed E-state index contributed by atoms with van der Waals surface area (Å²) in [5, 5.41) is 38.1. The summed E-state index contributed by atoms with van der Waals surface area (Å²) in [5.41, 5.74) is -2.01. The Morgan fingerprint density at radius 2 is 1.91 bits per heavy atom. The molecule has 0 spiro atoms. The van der Waals surface area contributed by atoms with Gasteiger partial charge in [0.25, 0.3) is 5.91 Å². The van der Waals surface area contributed by atoms with E-state index >= 15 is 0 Å². The second-order valence-corrected chi connectivity index (χ2v) is 15.4. The molecule has 5 rings (SSSR count). The van der Waals surface area contributed by atoms with E-state index in [0.717, 1.165) is 18.2 Å². The fraction of sp³-hybridized carbons (Fsp3) is 0.758. The van der Waals surface area contributed by atoms with Gasteiger partial charge in [-0.25, -0.2) is 0 Å². The number of phenolic OH excluding ortho intramolecular Hbond substituents is 1. The topological polar surface area (TPSA) is 144 Å². The van der Waals surface area contributed by atoms with Crippen molar-refractivity contribution in [1.29, 1.82) is 0 Å². The lowest BCUT2D eigenvalue weighted by Gasteiger charge is -2.61. The number of thioether (sulfide) groups is 1. The lowest BCUT2D eigenvalue weighted by molar-refractivity contribution is -0.256. The molecule has 0 bridgehead atoms. The highest BCUT2D eigenvalue weighted by atomic mass is 32.2. The number of methoxy groups -OCH3 is 1. The van der Waals surface area contributed by atoms with Crippen LogP contribution in [0.4, 0.5) is 5.69 Å². The molecule has 1 aliphatic carbocycles. The normalized spacial score (nSPS) is 35.1. The molecule has 1 aromatic carbocycles. The molecular formula is C33H49NO9S. The van der Waals surface area contributed by atoms with E-state index in [-0.39, 0.29) is 35.5 Å². The lowest BCUT2D eigenvalue weighted by Crippen LogP contribution is -2.64. The van der Waals surface area contributed by atoms with Crippen molar-refractivity contribution in [2.45, 2.75) is 139 Å². The number of hydrogen-bond acceptors (Lipinski definition) is 10. The van der Waals surface area contributed by atoms with Crippen molar-refractivity contribution in [3.8, 4) is 11.5 Å². The first-order chi connectivity index (χ1) is 20.5. The number of phenols is 1. The average molecular weight is 636 g/mol. The Balaban J connectivity index is 1.67. The first-order valence-corrected chi connectivity index (χ1v) is 16.7.